The smallest absolute Gasteiger partial charge is 0.254 e. The van der Waals surface area contributed by atoms with E-state index in [-0.39, 0.29) is 11.9 Å². The largest absolute Gasteiger partial charge is 0.337 e. The van der Waals surface area contributed by atoms with Crippen LogP contribution in [0.5, 0.6) is 0 Å². The van der Waals surface area contributed by atoms with Gasteiger partial charge in [0.2, 0.25) is 0 Å². The van der Waals surface area contributed by atoms with Gasteiger partial charge < -0.3 is 4.90 Å². The van der Waals surface area contributed by atoms with Crippen molar-refractivity contribution in [3.8, 4) is 0 Å². The lowest BCUT2D eigenvalue weighted by molar-refractivity contribution is 0.0717. The van der Waals surface area contributed by atoms with E-state index in [0.29, 0.717) is 0 Å². The van der Waals surface area contributed by atoms with Gasteiger partial charge in [-0.15, -0.1) is 0 Å². The van der Waals surface area contributed by atoms with Crippen LogP contribution in [0.2, 0.25) is 0 Å². The molecule has 0 N–H and O–H groups in total. The van der Waals surface area contributed by atoms with Gasteiger partial charge in [0.05, 0.1) is 0 Å². The van der Waals surface area contributed by atoms with Crippen molar-refractivity contribution in [2.45, 2.75) is 33.7 Å². The number of rotatable bonds is 3. The third-order valence-electron chi connectivity index (χ3n) is 2.51. The van der Waals surface area contributed by atoms with E-state index in [2.05, 4.69) is 15.9 Å². The molecule has 0 atom stereocenters. The van der Waals surface area contributed by atoms with Crippen LogP contribution in [-0.2, 0) is 0 Å². The highest BCUT2D eigenvalue weighted by molar-refractivity contribution is 9.10. The number of hydrogen-bond donors (Lipinski definition) is 0. The summed E-state index contributed by atoms with van der Waals surface area (Å²) in [6.07, 6.45) is 0. The molecular weight excluding hydrogens is 266 g/mol. The minimum atomic E-state index is 0.0990. The van der Waals surface area contributed by atoms with Crippen molar-refractivity contribution in [3.05, 3.63) is 33.8 Å². The third kappa shape index (κ3) is 3.08. The van der Waals surface area contributed by atoms with Gasteiger partial charge in [-0.1, -0.05) is 15.9 Å². The SMILES string of the molecule is CCN(C(=O)c1cc(C)cc(Br)c1)C(C)C. The Morgan fingerprint density at radius 2 is 2.00 bits per heavy atom. The molecule has 0 aromatic heterocycles. The Bertz CT molecular complexity index is 367. The van der Waals surface area contributed by atoms with Gasteiger partial charge in [0.15, 0.2) is 0 Å². The van der Waals surface area contributed by atoms with Crippen LogP contribution in [-0.4, -0.2) is 23.4 Å². The van der Waals surface area contributed by atoms with Gasteiger partial charge >= 0.3 is 0 Å². The minimum Gasteiger partial charge on any atom is -0.337 e. The summed E-state index contributed by atoms with van der Waals surface area (Å²) < 4.78 is 0.954. The van der Waals surface area contributed by atoms with E-state index in [1.54, 1.807) is 0 Å². The predicted octanol–water partition coefficient (Wildman–Crippen LogP) is 3.63. The Kier molecular flexibility index (Phi) is 4.54. The van der Waals surface area contributed by atoms with Crippen LogP contribution in [0.1, 0.15) is 36.7 Å². The second-order valence-corrected chi connectivity index (χ2v) is 5.12. The number of benzene rings is 1. The maximum absolute atomic E-state index is 12.2. The monoisotopic (exact) mass is 283 g/mol. The normalized spacial score (nSPS) is 10.6. The van der Waals surface area contributed by atoms with Gasteiger partial charge in [-0.3, -0.25) is 4.79 Å². The molecule has 0 aliphatic heterocycles. The van der Waals surface area contributed by atoms with Crippen LogP contribution in [0.15, 0.2) is 22.7 Å². The average molecular weight is 284 g/mol. The quantitative estimate of drug-likeness (QED) is 0.830. The van der Waals surface area contributed by atoms with Gasteiger partial charge in [0.1, 0.15) is 0 Å². The molecule has 3 heteroatoms. The first kappa shape index (κ1) is 13.2. The van der Waals surface area contributed by atoms with Crippen molar-refractivity contribution < 1.29 is 4.79 Å². The van der Waals surface area contributed by atoms with Crippen molar-refractivity contribution >= 4 is 21.8 Å². The van der Waals surface area contributed by atoms with Gasteiger partial charge in [0, 0.05) is 22.6 Å². The molecule has 0 bridgehead atoms. The first-order valence-corrected chi connectivity index (χ1v) is 6.33. The van der Waals surface area contributed by atoms with Crippen molar-refractivity contribution in [2.24, 2.45) is 0 Å². The highest BCUT2D eigenvalue weighted by Gasteiger charge is 2.17. The molecule has 0 fully saturated rings. The summed E-state index contributed by atoms with van der Waals surface area (Å²) in [5, 5.41) is 0. The second kappa shape index (κ2) is 5.48. The molecule has 1 rings (SSSR count). The minimum absolute atomic E-state index is 0.0990. The summed E-state index contributed by atoms with van der Waals surface area (Å²) in [6, 6.07) is 6.04. The molecule has 88 valence electrons. The maximum Gasteiger partial charge on any atom is 0.254 e. The molecular formula is C13H18BrNO. The van der Waals surface area contributed by atoms with E-state index in [0.717, 1.165) is 22.1 Å². The molecule has 1 aromatic rings. The van der Waals surface area contributed by atoms with E-state index in [4.69, 9.17) is 0 Å². The fourth-order valence-electron chi connectivity index (χ4n) is 1.77. The number of carbonyl (C=O) groups is 1. The van der Waals surface area contributed by atoms with Crippen molar-refractivity contribution in [2.75, 3.05) is 6.54 Å². The standard InChI is InChI=1S/C13H18BrNO/c1-5-15(9(2)3)13(16)11-6-10(4)7-12(14)8-11/h6-9H,5H2,1-4H3. The van der Waals surface area contributed by atoms with E-state index in [1.165, 1.54) is 0 Å². The average Bonchev–Trinajstić information content (AvgIpc) is 2.16. The fourth-order valence-corrected chi connectivity index (χ4v) is 2.38. The molecule has 0 saturated heterocycles. The van der Waals surface area contributed by atoms with E-state index in [1.807, 2.05) is 50.8 Å². The Hall–Kier alpha value is -0.830. The molecule has 0 radical (unpaired) electrons. The summed E-state index contributed by atoms with van der Waals surface area (Å²) in [5.74, 6) is 0.0990. The lowest BCUT2D eigenvalue weighted by atomic mass is 10.1. The van der Waals surface area contributed by atoms with Gasteiger partial charge in [-0.05, 0) is 51.5 Å². The third-order valence-corrected chi connectivity index (χ3v) is 2.97. The van der Waals surface area contributed by atoms with Crippen molar-refractivity contribution in [1.29, 1.82) is 0 Å². The summed E-state index contributed by atoms with van der Waals surface area (Å²) in [5.41, 5.74) is 1.85. The lowest BCUT2D eigenvalue weighted by Gasteiger charge is -2.25. The molecule has 0 spiro atoms. The summed E-state index contributed by atoms with van der Waals surface area (Å²) >= 11 is 3.42. The maximum atomic E-state index is 12.2. The summed E-state index contributed by atoms with van der Waals surface area (Å²) in [7, 11) is 0. The predicted molar refractivity (Wildman–Crippen MR) is 70.7 cm³/mol. The van der Waals surface area contributed by atoms with Crippen LogP contribution in [0.3, 0.4) is 0 Å². The highest BCUT2D eigenvalue weighted by atomic mass is 79.9. The van der Waals surface area contributed by atoms with Crippen LogP contribution < -0.4 is 0 Å². The zero-order valence-corrected chi connectivity index (χ0v) is 11.8. The molecule has 0 aliphatic rings. The molecule has 16 heavy (non-hydrogen) atoms. The van der Waals surface area contributed by atoms with E-state index >= 15 is 0 Å². The van der Waals surface area contributed by atoms with Gasteiger partial charge in [0.25, 0.3) is 5.91 Å². The fraction of sp³-hybridized carbons (Fsp3) is 0.462. The lowest BCUT2D eigenvalue weighted by Crippen LogP contribution is -2.36. The van der Waals surface area contributed by atoms with E-state index in [9.17, 15) is 4.79 Å². The Morgan fingerprint density at radius 3 is 2.44 bits per heavy atom. The van der Waals surface area contributed by atoms with Gasteiger partial charge in [-0.2, -0.15) is 0 Å². The first-order chi connectivity index (χ1) is 7.45. The van der Waals surface area contributed by atoms with Gasteiger partial charge in [-0.25, -0.2) is 0 Å². The number of hydrogen-bond acceptors (Lipinski definition) is 1. The number of amides is 1. The molecule has 0 aliphatic carbocycles. The number of halogens is 1. The van der Waals surface area contributed by atoms with E-state index < -0.39 is 0 Å². The van der Waals surface area contributed by atoms with Crippen molar-refractivity contribution in [1.82, 2.24) is 4.90 Å². The Morgan fingerprint density at radius 1 is 1.38 bits per heavy atom. The molecule has 1 amide bonds. The second-order valence-electron chi connectivity index (χ2n) is 4.20. The van der Waals surface area contributed by atoms with Crippen LogP contribution in [0.25, 0.3) is 0 Å². The molecule has 0 saturated carbocycles. The number of nitrogens with zero attached hydrogens (tertiary/aromatic N) is 1. The van der Waals surface area contributed by atoms with Crippen LogP contribution in [0, 0.1) is 6.92 Å². The van der Waals surface area contributed by atoms with Crippen LogP contribution in [0.4, 0.5) is 0 Å². The molecule has 0 unspecified atom stereocenters. The number of carbonyl (C=O) groups excluding carboxylic acids is 1. The topological polar surface area (TPSA) is 20.3 Å². The van der Waals surface area contributed by atoms with Crippen molar-refractivity contribution in [3.63, 3.8) is 0 Å². The first-order valence-electron chi connectivity index (χ1n) is 5.53. The summed E-state index contributed by atoms with van der Waals surface area (Å²) in [4.78, 5) is 14.1. The Labute approximate surface area is 106 Å². The van der Waals surface area contributed by atoms with Crippen LogP contribution >= 0.6 is 15.9 Å². The number of aryl methyl sites for hydroxylation is 1. The zero-order valence-electron chi connectivity index (χ0n) is 10.2. The summed E-state index contributed by atoms with van der Waals surface area (Å²) in [6.45, 7) is 8.80. The highest BCUT2D eigenvalue weighted by Crippen LogP contribution is 2.17. The molecule has 1 aromatic carbocycles. The molecule has 2 nitrogen and oxygen atoms in total. The Balaban J connectivity index is 3.03. The molecule has 0 heterocycles. The zero-order chi connectivity index (χ0) is 12.3.